The van der Waals surface area contributed by atoms with Gasteiger partial charge in [0.1, 0.15) is 6.10 Å². The highest BCUT2D eigenvalue weighted by Gasteiger charge is 2.46. The molecule has 0 bridgehead atoms. The molecule has 0 aromatic heterocycles. The predicted molar refractivity (Wildman–Crippen MR) is 119 cm³/mol. The van der Waals surface area contributed by atoms with Crippen molar-refractivity contribution in [3.05, 3.63) is 0 Å². The van der Waals surface area contributed by atoms with Gasteiger partial charge in [-0.2, -0.15) is 5.26 Å². The average Bonchev–Trinajstić information content (AvgIpc) is 2.75. The third-order valence-corrected chi connectivity index (χ3v) is 9.71. The zero-order chi connectivity index (χ0) is 21.8. The van der Waals surface area contributed by atoms with Gasteiger partial charge in [-0.1, -0.05) is 34.1 Å². The Labute approximate surface area is 183 Å². The van der Waals surface area contributed by atoms with E-state index >= 15 is 0 Å². The lowest BCUT2D eigenvalue weighted by molar-refractivity contribution is -0.0206. The van der Waals surface area contributed by atoms with E-state index in [9.17, 15) is 4.79 Å². The average molecular weight is 415 g/mol. The van der Waals surface area contributed by atoms with Crippen LogP contribution in [0.3, 0.4) is 0 Å². The maximum atomic E-state index is 10.6. The standard InChI is InChI=1S/C26H42N2O2/c1-25(2,19-8-12-23(13-9-19)28-18-29)21-6-5-7-22(16-21)26(3,4)20-10-14-24(15-11-20)30-17-27/h19-24H,5-16H2,1-4H3. The Balaban J connectivity index is 1.60. The van der Waals surface area contributed by atoms with Gasteiger partial charge in [0, 0.05) is 0 Å². The number of isocyanates is 1. The second kappa shape index (κ2) is 9.86. The van der Waals surface area contributed by atoms with Crippen molar-refractivity contribution in [1.29, 1.82) is 5.26 Å². The zero-order valence-electron chi connectivity index (χ0n) is 19.7. The van der Waals surface area contributed by atoms with E-state index in [0.717, 1.165) is 49.4 Å². The molecule has 0 N–H and O–H groups in total. The smallest absolute Gasteiger partial charge is 0.286 e. The van der Waals surface area contributed by atoms with Crippen molar-refractivity contribution in [2.24, 2.45) is 39.5 Å². The van der Waals surface area contributed by atoms with E-state index in [1.54, 1.807) is 6.08 Å². The number of nitrogens with zero attached hydrogens (tertiary/aromatic N) is 2. The van der Waals surface area contributed by atoms with Gasteiger partial charge in [-0.05, 0) is 105 Å². The molecule has 3 rings (SSSR count). The number of aliphatic imine (C=N–C) groups is 1. The van der Waals surface area contributed by atoms with Crippen LogP contribution in [0.4, 0.5) is 0 Å². The lowest BCUT2D eigenvalue weighted by atomic mass is 9.54. The lowest BCUT2D eigenvalue weighted by Gasteiger charge is -2.51. The Hall–Kier alpha value is -1.33. The number of rotatable bonds is 6. The maximum Gasteiger partial charge on any atom is 0.286 e. The summed E-state index contributed by atoms with van der Waals surface area (Å²) in [6.07, 6.45) is 18.3. The molecule has 3 fully saturated rings. The molecule has 3 aliphatic rings. The van der Waals surface area contributed by atoms with Gasteiger partial charge in [0.15, 0.2) is 0 Å². The quantitative estimate of drug-likeness (QED) is 0.273. The van der Waals surface area contributed by atoms with Gasteiger partial charge in [-0.25, -0.2) is 9.79 Å². The molecule has 0 radical (unpaired) electrons. The van der Waals surface area contributed by atoms with E-state index in [1.165, 1.54) is 51.4 Å². The molecule has 3 saturated carbocycles. The monoisotopic (exact) mass is 414 g/mol. The summed E-state index contributed by atoms with van der Waals surface area (Å²) in [4.78, 5) is 14.6. The molecule has 3 aliphatic carbocycles. The van der Waals surface area contributed by atoms with Gasteiger partial charge >= 0.3 is 0 Å². The molecule has 0 saturated heterocycles. The Kier molecular flexibility index (Phi) is 7.67. The summed E-state index contributed by atoms with van der Waals surface area (Å²) in [7, 11) is 0. The molecule has 4 heteroatoms. The first-order chi connectivity index (χ1) is 14.3. The summed E-state index contributed by atoms with van der Waals surface area (Å²) in [5, 5.41) is 8.81. The first-order valence-corrected chi connectivity index (χ1v) is 12.4. The molecule has 0 aliphatic heterocycles. The van der Waals surface area contributed by atoms with Crippen LogP contribution in [0.5, 0.6) is 0 Å². The van der Waals surface area contributed by atoms with Crippen molar-refractivity contribution in [1.82, 2.24) is 0 Å². The molecular formula is C26H42N2O2. The fourth-order valence-electron chi connectivity index (χ4n) is 7.23. The van der Waals surface area contributed by atoms with Gasteiger partial charge < -0.3 is 4.74 Å². The summed E-state index contributed by atoms with van der Waals surface area (Å²) in [6.45, 7) is 10.1. The first-order valence-electron chi connectivity index (χ1n) is 12.4. The van der Waals surface area contributed by atoms with E-state index in [1.807, 2.05) is 6.26 Å². The second-order valence-corrected chi connectivity index (χ2v) is 11.6. The van der Waals surface area contributed by atoms with Crippen molar-refractivity contribution in [2.75, 3.05) is 0 Å². The molecule has 0 heterocycles. The van der Waals surface area contributed by atoms with Gasteiger partial charge in [0.25, 0.3) is 6.26 Å². The Morgan fingerprint density at radius 2 is 1.27 bits per heavy atom. The van der Waals surface area contributed by atoms with E-state index in [0.29, 0.717) is 10.8 Å². The predicted octanol–water partition coefficient (Wildman–Crippen LogP) is 6.80. The van der Waals surface area contributed by atoms with E-state index < -0.39 is 0 Å². The first kappa shape index (κ1) is 23.3. The minimum absolute atomic E-state index is 0.152. The zero-order valence-corrected chi connectivity index (χ0v) is 19.7. The van der Waals surface area contributed by atoms with Crippen LogP contribution in [0, 0.1) is 46.0 Å². The van der Waals surface area contributed by atoms with Crippen LogP contribution in [-0.4, -0.2) is 18.2 Å². The van der Waals surface area contributed by atoms with Crippen LogP contribution in [0.15, 0.2) is 4.99 Å². The van der Waals surface area contributed by atoms with Crippen molar-refractivity contribution >= 4 is 6.08 Å². The molecule has 0 aromatic rings. The molecule has 0 spiro atoms. The van der Waals surface area contributed by atoms with Crippen LogP contribution in [0.2, 0.25) is 0 Å². The summed E-state index contributed by atoms with van der Waals surface area (Å²) in [6, 6.07) is 0.215. The van der Waals surface area contributed by atoms with Crippen LogP contribution in [0.25, 0.3) is 0 Å². The summed E-state index contributed by atoms with van der Waals surface area (Å²) < 4.78 is 5.22. The molecule has 2 atom stereocenters. The normalized spacial score (nSPS) is 35.7. The third-order valence-electron chi connectivity index (χ3n) is 9.71. The molecule has 0 aromatic carbocycles. The molecule has 2 unspecified atom stereocenters. The van der Waals surface area contributed by atoms with Crippen LogP contribution in [0.1, 0.15) is 105 Å². The van der Waals surface area contributed by atoms with Crippen molar-refractivity contribution in [3.8, 4) is 6.26 Å². The van der Waals surface area contributed by atoms with E-state index in [2.05, 4.69) is 32.7 Å². The fourth-order valence-corrected chi connectivity index (χ4v) is 7.23. The summed E-state index contributed by atoms with van der Waals surface area (Å²) in [5.41, 5.74) is 0.728. The van der Waals surface area contributed by atoms with Gasteiger partial charge in [0.2, 0.25) is 6.08 Å². The molecule has 0 amide bonds. The van der Waals surface area contributed by atoms with Gasteiger partial charge in [-0.3, -0.25) is 0 Å². The number of carbonyl (C=O) groups excluding carboxylic acids is 1. The largest absolute Gasteiger partial charge is 0.424 e. The van der Waals surface area contributed by atoms with Crippen LogP contribution in [-0.2, 0) is 9.53 Å². The number of hydrogen-bond donors (Lipinski definition) is 0. The minimum atomic E-state index is 0.152. The molecule has 168 valence electrons. The highest BCUT2D eigenvalue weighted by molar-refractivity contribution is 5.33. The van der Waals surface area contributed by atoms with Gasteiger partial charge in [0.05, 0.1) is 6.04 Å². The van der Waals surface area contributed by atoms with Crippen molar-refractivity contribution in [2.45, 2.75) is 117 Å². The van der Waals surface area contributed by atoms with Crippen LogP contribution < -0.4 is 0 Å². The highest BCUT2D eigenvalue weighted by Crippen LogP contribution is 2.55. The third kappa shape index (κ3) is 5.11. The number of hydrogen-bond acceptors (Lipinski definition) is 4. The lowest BCUT2D eigenvalue weighted by Crippen LogP contribution is -2.43. The molecule has 30 heavy (non-hydrogen) atoms. The molecule has 4 nitrogen and oxygen atoms in total. The topological polar surface area (TPSA) is 62.4 Å². The summed E-state index contributed by atoms with van der Waals surface area (Å²) >= 11 is 0. The Morgan fingerprint density at radius 3 is 1.73 bits per heavy atom. The second-order valence-electron chi connectivity index (χ2n) is 11.6. The summed E-state index contributed by atoms with van der Waals surface area (Å²) in [5.74, 6) is 3.09. The molecular weight excluding hydrogens is 372 g/mol. The fraction of sp³-hybridized carbons (Fsp3) is 0.923. The minimum Gasteiger partial charge on any atom is -0.424 e. The van der Waals surface area contributed by atoms with E-state index in [4.69, 9.17) is 10.00 Å². The van der Waals surface area contributed by atoms with Crippen LogP contribution >= 0.6 is 0 Å². The number of ether oxygens (including phenoxy) is 1. The van der Waals surface area contributed by atoms with Crippen molar-refractivity contribution in [3.63, 3.8) is 0 Å². The van der Waals surface area contributed by atoms with E-state index in [-0.39, 0.29) is 12.1 Å². The SMILES string of the molecule is CC(C)(C1CCC(N=C=O)CC1)C1CCCC(C(C)(C)C2CCC(OC#N)CC2)C1. The van der Waals surface area contributed by atoms with Gasteiger partial charge in [-0.15, -0.1) is 0 Å². The Bertz CT molecular complexity index is 642. The highest BCUT2D eigenvalue weighted by atomic mass is 16.5. The maximum absolute atomic E-state index is 10.6. The Morgan fingerprint density at radius 1 is 0.767 bits per heavy atom. The van der Waals surface area contributed by atoms with Crippen molar-refractivity contribution < 1.29 is 9.53 Å². The number of nitriles is 1.